The molecule has 1 rings (SSSR count). The van der Waals surface area contributed by atoms with Gasteiger partial charge in [0.1, 0.15) is 0 Å². The first-order valence-electron chi connectivity index (χ1n) is 4.03. The van der Waals surface area contributed by atoms with Crippen molar-refractivity contribution in [2.75, 3.05) is 13.7 Å². The quantitative estimate of drug-likeness (QED) is 0.460. The van der Waals surface area contributed by atoms with Gasteiger partial charge in [0.05, 0.1) is 13.7 Å². The average molecular weight is 170 g/mol. The summed E-state index contributed by atoms with van der Waals surface area (Å²) in [7, 11) is 1.38. The Morgan fingerprint density at radius 3 is 2.67 bits per heavy atom. The highest BCUT2D eigenvalue weighted by Crippen LogP contribution is 2.28. The van der Waals surface area contributed by atoms with Gasteiger partial charge in [-0.25, -0.2) is 4.79 Å². The molecule has 1 aliphatic heterocycles. The van der Waals surface area contributed by atoms with Crippen molar-refractivity contribution < 1.29 is 14.3 Å². The minimum atomic E-state index is -0.839. The molecular formula is C9H14O3. The van der Waals surface area contributed by atoms with Gasteiger partial charge in [-0.2, -0.15) is 0 Å². The van der Waals surface area contributed by atoms with Crippen LogP contribution in [0.2, 0.25) is 0 Å². The van der Waals surface area contributed by atoms with Crippen LogP contribution in [0, 0.1) is 5.92 Å². The van der Waals surface area contributed by atoms with Crippen molar-refractivity contribution in [1.82, 2.24) is 0 Å². The predicted molar refractivity (Wildman–Crippen MR) is 44.7 cm³/mol. The Kier molecular flexibility index (Phi) is 2.52. The van der Waals surface area contributed by atoms with Crippen LogP contribution in [-0.2, 0) is 14.3 Å². The molecule has 1 unspecified atom stereocenters. The first-order chi connectivity index (χ1) is 5.63. The molecule has 1 heterocycles. The van der Waals surface area contributed by atoms with E-state index in [1.54, 1.807) is 6.08 Å². The van der Waals surface area contributed by atoms with Gasteiger partial charge in [-0.1, -0.05) is 19.9 Å². The van der Waals surface area contributed by atoms with Gasteiger partial charge in [-0.3, -0.25) is 0 Å². The van der Waals surface area contributed by atoms with E-state index in [1.165, 1.54) is 7.11 Å². The topological polar surface area (TPSA) is 35.5 Å². The first-order valence-corrected chi connectivity index (χ1v) is 4.03. The van der Waals surface area contributed by atoms with Crippen LogP contribution in [0.1, 0.15) is 13.8 Å². The van der Waals surface area contributed by atoms with Gasteiger partial charge < -0.3 is 9.47 Å². The second-order valence-electron chi connectivity index (χ2n) is 3.15. The summed E-state index contributed by atoms with van der Waals surface area (Å²) in [6.07, 6.45) is 3.63. The number of ether oxygens (including phenoxy) is 2. The molecule has 0 fully saturated rings. The molecule has 0 amide bonds. The largest absolute Gasteiger partial charge is 0.467 e. The van der Waals surface area contributed by atoms with Crippen LogP contribution < -0.4 is 0 Å². The van der Waals surface area contributed by atoms with Gasteiger partial charge in [-0.15, -0.1) is 0 Å². The molecule has 0 spiro atoms. The van der Waals surface area contributed by atoms with Crippen LogP contribution >= 0.6 is 0 Å². The SMILES string of the molecule is COC(=O)C1(C(C)C)C=CCO1. The maximum Gasteiger partial charge on any atom is 0.342 e. The number of esters is 1. The van der Waals surface area contributed by atoms with Gasteiger partial charge in [0.2, 0.25) is 0 Å². The van der Waals surface area contributed by atoms with Crippen LogP contribution in [0.3, 0.4) is 0 Å². The Balaban J connectivity index is 2.87. The molecule has 0 aromatic carbocycles. The number of hydrogen-bond donors (Lipinski definition) is 0. The van der Waals surface area contributed by atoms with Crippen molar-refractivity contribution in [3.05, 3.63) is 12.2 Å². The third kappa shape index (κ3) is 1.25. The highest BCUT2D eigenvalue weighted by atomic mass is 16.6. The van der Waals surface area contributed by atoms with E-state index in [2.05, 4.69) is 4.74 Å². The molecule has 0 saturated heterocycles. The van der Waals surface area contributed by atoms with Crippen molar-refractivity contribution in [2.24, 2.45) is 5.92 Å². The summed E-state index contributed by atoms with van der Waals surface area (Å²) in [5.74, 6) is -0.213. The molecule has 0 bridgehead atoms. The molecule has 0 aliphatic carbocycles. The van der Waals surface area contributed by atoms with Gasteiger partial charge in [0.15, 0.2) is 5.60 Å². The fourth-order valence-corrected chi connectivity index (χ4v) is 1.34. The average Bonchev–Trinajstić information content (AvgIpc) is 2.52. The van der Waals surface area contributed by atoms with Crippen molar-refractivity contribution in [2.45, 2.75) is 19.4 Å². The molecule has 12 heavy (non-hydrogen) atoms. The molecule has 0 N–H and O–H groups in total. The number of carbonyl (C=O) groups is 1. The Hall–Kier alpha value is -0.830. The van der Waals surface area contributed by atoms with Crippen molar-refractivity contribution in [3.8, 4) is 0 Å². The van der Waals surface area contributed by atoms with Crippen molar-refractivity contribution >= 4 is 5.97 Å². The highest BCUT2D eigenvalue weighted by Gasteiger charge is 2.43. The monoisotopic (exact) mass is 170 g/mol. The highest BCUT2D eigenvalue weighted by molar-refractivity contribution is 5.82. The van der Waals surface area contributed by atoms with Crippen molar-refractivity contribution in [1.29, 1.82) is 0 Å². The van der Waals surface area contributed by atoms with Crippen LogP contribution in [-0.4, -0.2) is 25.3 Å². The molecule has 3 heteroatoms. The van der Waals surface area contributed by atoms with E-state index < -0.39 is 5.60 Å². The molecule has 1 aliphatic rings. The molecule has 3 nitrogen and oxygen atoms in total. The van der Waals surface area contributed by atoms with Crippen LogP contribution in [0.4, 0.5) is 0 Å². The summed E-state index contributed by atoms with van der Waals surface area (Å²) in [6, 6.07) is 0. The summed E-state index contributed by atoms with van der Waals surface area (Å²) in [6.45, 7) is 4.37. The molecule has 0 radical (unpaired) electrons. The zero-order valence-electron chi connectivity index (χ0n) is 7.66. The van der Waals surface area contributed by atoms with Crippen LogP contribution in [0.5, 0.6) is 0 Å². The van der Waals surface area contributed by atoms with E-state index in [-0.39, 0.29) is 11.9 Å². The summed E-state index contributed by atoms with van der Waals surface area (Å²) >= 11 is 0. The molecule has 0 saturated carbocycles. The number of hydrogen-bond acceptors (Lipinski definition) is 3. The normalized spacial score (nSPS) is 28.0. The molecule has 0 aromatic rings. The van der Waals surface area contributed by atoms with E-state index in [1.807, 2.05) is 19.9 Å². The predicted octanol–water partition coefficient (Wildman–Crippen LogP) is 1.14. The number of methoxy groups -OCH3 is 1. The van der Waals surface area contributed by atoms with Crippen LogP contribution in [0.15, 0.2) is 12.2 Å². The Morgan fingerprint density at radius 1 is 1.67 bits per heavy atom. The third-order valence-corrected chi connectivity index (χ3v) is 2.15. The van der Waals surface area contributed by atoms with Crippen molar-refractivity contribution in [3.63, 3.8) is 0 Å². The van der Waals surface area contributed by atoms with Gasteiger partial charge in [0.25, 0.3) is 0 Å². The van der Waals surface area contributed by atoms with Gasteiger partial charge in [0, 0.05) is 0 Å². The minimum Gasteiger partial charge on any atom is -0.467 e. The summed E-state index contributed by atoms with van der Waals surface area (Å²) in [5, 5.41) is 0. The Labute approximate surface area is 72.4 Å². The second kappa shape index (κ2) is 3.27. The third-order valence-electron chi connectivity index (χ3n) is 2.15. The standard InChI is InChI=1S/C9H14O3/c1-7(2)9(8(10)11-3)5-4-6-12-9/h4-5,7H,6H2,1-3H3. The fraction of sp³-hybridized carbons (Fsp3) is 0.667. The molecular weight excluding hydrogens is 156 g/mol. The molecule has 68 valence electrons. The zero-order chi connectivity index (χ0) is 9.19. The van der Waals surface area contributed by atoms with E-state index in [9.17, 15) is 4.79 Å². The molecule has 1 atom stereocenters. The maximum absolute atomic E-state index is 11.4. The van der Waals surface area contributed by atoms with E-state index in [4.69, 9.17) is 4.74 Å². The van der Waals surface area contributed by atoms with E-state index in [0.717, 1.165) is 0 Å². The lowest BCUT2D eigenvalue weighted by Crippen LogP contribution is -2.43. The van der Waals surface area contributed by atoms with Gasteiger partial charge >= 0.3 is 5.97 Å². The smallest absolute Gasteiger partial charge is 0.342 e. The zero-order valence-corrected chi connectivity index (χ0v) is 7.66. The fourth-order valence-electron chi connectivity index (χ4n) is 1.34. The lowest BCUT2D eigenvalue weighted by atomic mass is 9.91. The number of rotatable bonds is 2. The maximum atomic E-state index is 11.4. The lowest BCUT2D eigenvalue weighted by molar-refractivity contribution is -0.164. The van der Waals surface area contributed by atoms with E-state index >= 15 is 0 Å². The minimum absolute atomic E-state index is 0.101. The molecule has 0 aromatic heterocycles. The summed E-state index contributed by atoms with van der Waals surface area (Å²) < 4.78 is 10.1. The summed E-state index contributed by atoms with van der Waals surface area (Å²) in [5.41, 5.74) is -0.839. The van der Waals surface area contributed by atoms with E-state index in [0.29, 0.717) is 6.61 Å². The van der Waals surface area contributed by atoms with Crippen LogP contribution in [0.25, 0.3) is 0 Å². The number of carbonyl (C=O) groups excluding carboxylic acids is 1. The Morgan fingerprint density at radius 2 is 2.33 bits per heavy atom. The first kappa shape index (κ1) is 9.26. The lowest BCUT2D eigenvalue weighted by Gasteiger charge is -2.27. The summed E-state index contributed by atoms with van der Waals surface area (Å²) in [4.78, 5) is 11.4. The Bertz CT molecular complexity index is 208. The second-order valence-corrected chi connectivity index (χ2v) is 3.15. The van der Waals surface area contributed by atoms with Gasteiger partial charge in [-0.05, 0) is 12.0 Å².